The Hall–Kier alpha value is -0.0800. The minimum absolute atomic E-state index is 0.169. The van der Waals surface area contributed by atoms with Gasteiger partial charge in [0.25, 0.3) is 0 Å². The van der Waals surface area contributed by atoms with Crippen molar-refractivity contribution in [2.24, 2.45) is 5.73 Å². The van der Waals surface area contributed by atoms with Crippen LogP contribution in [0.25, 0.3) is 0 Å². The molecule has 0 atom stereocenters. The van der Waals surface area contributed by atoms with Gasteiger partial charge < -0.3 is 5.73 Å². The first-order valence-corrected chi connectivity index (χ1v) is 5.21. The van der Waals surface area contributed by atoms with Crippen LogP contribution in [0.2, 0.25) is 0 Å². The second-order valence-electron chi connectivity index (χ2n) is 4.18. The highest BCUT2D eigenvalue weighted by Crippen LogP contribution is 2.23. The van der Waals surface area contributed by atoms with Crippen LogP contribution in [0.4, 0.5) is 0 Å². The zero-order valence-electron chi connectivity index (χ0n) is 8.47. The van der Waals surface area contributed by atoms with E-state index in [1.54, 1.807) is 0 Å². The Labute approximate surface area is 76.1 Å². The zero-order chi connectivity index (χ0) is 9.03. The Morgan fingerprint density at radius 2 is 1.92 bits per heavy atom. The molecule has 1 aliphatic rings. The van der Waals surface area contributed by atoms with Gasteiger partial charge in [0.15, 0.2) is 0 Å². The van der Waals surface area contributed by atoms with Gasteiger partial charge in [-0.2, -0.15) is 0 Å². The monoisotopic (exact) mass is 170 g/mol. The quantitative estimate of drug-likeness (QED) is 0.679. The van der Waals surface area contributed by atoms with Crippen LogP contribution >= 0.6 is 0 Å². The molecule has 2 nitrogen and oxygen atoms in total. The summed E-state index contributed by atoms with van der Waals surface area (Å²) < 4.78 is 0. The van der Waals surface area contributed by atoms with E-state index in [9.17, 15) is 0 Å². The fourth-order valence-corrected chi connectivity index (χ4v) is 2.04. The molecule has 0 amide bonds. The van der Waals surface area contributed by atoms with E-state index in [1.165, 1.54) is 32.2 Å². The first-order valence-electron chi connectivity index (χ1n) is 5.21. The maximum absolute atomic E-state index is 6.13. The normalized spacial score (nSPS) is 22.2. The van der Waals surface area contributed by atoms with E-state index >= 15 is 0 Å². The highest BCUT2D eigenvalue weighted by molar-refractivity contribution is 4.99. The third-order valence-corrected chi connectivity index (χ3v) is 2.65. The molecule has 0 aromatic heterocycles. The summed E-state index contributed by atoms with van der Waals surface area (Å²) in [5, 5.41) is 0. The molecule has 0 radical (unpaired) electrons. The molecule has 1 rings (SSSR count). The second-order valence-corrected chi connectivity index (χ2v) is 4.18. The van der Waals surface area contributed by atoms with Gasteiger partial charge in [-0.1, -0.05) is 26.7 Å². The van der Waals surface area contributed by atoms with Gasteiger partial charge in [-0.05, 0) is 19.4 Å². The topological polar surface area (TPSA) is 29.3 Å². The highest BCUT2D eigenvalue weighted by Gasteiger charge is 2.37. The predicted octanol–water partition coefficient (Wildman–Crippen LogP) is 1.60. The molecule has 0 aromatic rings. The van der Waals surface area contributed by atoms with E-state index in [1.807, 2.05) is 0 Å². The lowest BCUT2D eigenvalue weighted by atomic mass is 9.86. The van der Waals surface area contributed by atoms with E-state index in [2.05, 4.69) is 18.7 Å². The standard InChI is InChI=1S/C10H22N2/c1-3-5-7-12-8-10(11,9-12)6-4-2/h3-9,11H2,1-2H3. The number of nitrogens with zero attached hydrogens (tertiary/aromatic N) is 1. The highest BCUT2D eigenvalue weighted by atomic mass is 15.2. The third-order valence-electron chi connectivity index (χ3n) is 2.65. The molecule has 0 spiro atoms. The minimum atomic E-state index is 0.169. The first kappa shape index (κ1) is 10.0. The average Bonchev–Trinajstić information content (AvgIpc) is 1.97. The Kier molecular flexibility index (Phi) is 3.53. The summed E-state index contributed by atoms with van der Waals surface area (Å²) in [7, 11) is 0. The average molecular weight is 170 g/mol. The van der Waals surface area contributed by atoms with Crippen molar-refractivity contribution >= 4 is 0 Å². The Morgan fingerprint density at radius 3 is 2.42 bits per heavy atom. The Morgan fingerprint density at radius 1 is 1.25 bits per heavy atom. The van der Waals surface area contributed by atoms with Crippen LogP contribution in [-0.2, 0) is 0 Å². The van der Waals surface area contributed by atoms with Gasteiger partial charge in [-0.25, -0.2) is 0 Å². The number of nitrogens with two attached hydrogens (primary N) is 1. The fourth-order valence-electron chi connectivity index (χ4n) is 2.04. The Bertz CT molecular complexity index is 128. The summed E-state index contributed by atoms with van der Waals surface area (Å²) in [6.07, 6.45) is 5.03. The van der Waals surface area contributed by atoms with Gasteiger partial charge in [0.05, 0.1) is 0 Å². The molecule has 1 fully saturated rings. The van der Waals surface area contributed by atoms with Crippen LogP contribution in [-0.4, -0.2) is 30.1 Å². The maximum Gasteiger partial charge on any atom is 0.0412 e. The van der Waals surface area contributed by atoms with Crippen molar-refractivity contribution in [1.82, 2.24) is 4.90 Å². The fraction of sp³-hybridized carbons (Fsp3) is 1.00. The summed E-state index contributed by atoms with van der Waals surface area (Å²) >= 11 is 0. The summed E-state index contributed by atoms with van der Waals surface area (Å²) in [4.78, 5) is 2.47. The van der Waals surface area contributed by atoms with E-state index in [0.29, 0.717) is 0 Å². The van der Waals surface area contributed by atoms with Gasteiger partial charge in [-0.3, -0.25) is 4.90 Å². The lowest BCUT2D eigenvalue weighted by Crippen LogP contribution is -2.67. The smallest absolute Gasteiger partial charge is 0.0412 e. The molecular weight excluding hydrogens is 148 g/mol. The van der Waals surface area contributed by atoms with Crippen molar-refractivity contribution in [2.45, 2.75) is 45.1 Å². The van der Waals surface area contributed by atoms with Crippen molar-refractivity contribution in [2.75, 3.05) is 19.6 Å². The molecule has 0 aliphatic carbocycles. The second kappa shape index (κ2) is 4.24. The van der Waals surface area contributed by atoms with Gasteiger partial charge in [0, 0.05) is 18.6 Å². The largest absolute Gasteiger partial charge is 0.323 e. The van der Waals surface area contributed by atoms with Gasteiger partial charge in [-0.15, -0.1) is 0 Å². The molecule has 72 valence electrons. The number of likely N-dealkylation sites (tertiary alicyclic amines) is 1. The number of hydrogen-bond donors (Lipinski definition) is 1. The molecule has 0 bridgehead atoms. The number of unbranched alkanes of at least 4 members (excludes halogenated alkanes) is 1. The van der Waals surface area contributed by atoms with Crippen molar-refractivity contribution < 1.29 is 0 Å². The van der Waals surface area contributed by atoms with Crippen molar-refractivity contribution in [3.8, 4) is 0 Å². The van der Waals surface area contributed by atoms with Gasteiger partial charge in [0.1, 0.15) is 0 Å². The lowest BCUT2D eigenvalue weighted by Gasteiger charge is -2.48. The van der Waals surface area contributed by atoms with Crippen molar-refractivity contribution in [3.63, 3.8) is 0 Å². The molecular formula is C10H22N2. The van der Waals surface area contributed by atoms with Crippen LogP contribution in [0, 0.1) is 0 Å². The summed E-state index contributed by atoms with van der Waals surface area (Å²) in [5.41, 5.74) is 6.30. The number of rotatable bonds is 5. The molecule has 12 heavy (non-hydrogen) atoms. The number of hydrogen-bond acceptors (Lipinski definition) is 2. The van der Waals surface area contributed by atoms with Crippen LogP contribution in [0.1, 0.15) is 39.5 Å². The molecule has 1 saturated heterocycles. The molecule has 2 N–H and O–H groups in total. The van der Waals surface area contributed by atoms with Crippen molar-refractivity contribution in [1.29, 1.82) is 0 Å². The van der Waals surface area contributed by atoms with Crippen LogP contribution in [0.3, 0.4) is 0 Å². The molecule has 0 saturated carbocycles. The first-order chi connectivity index (χ1) is 5.70. The molecule has 2 heteroatoms. The van der Waals surface area contributed by atoms with Gasteiger partial charge >= 0.3 is 0 Å². The Balaban J connectivity index is 2.09. The SMILES string of the molecule is CCCCN1CC(N)(CCC)C1. The van der Waals surface area contributed by atoms with Crippen LogP contribution < -0.4 is 5.73 Å². The lowest BCUT2D eigenvalue weighted by molar-refractivity contribution is 0.0628. The maximum atomic E-state index is 6.13. The van der Waals surface area contributed by atoms with Gasteiger partial charge in [0.2, 0.25) is 0 Å². The van der Waals surface area contributed by atoms with E-state index < -0.39 is 0 Å². The molecule has 0 unspecified atom stereocenters. The summed E-state index contributed by atoms with van der Waals surface area (Å²) in [5.74, 6) is 0. The van der Waals surface area contributed by atoms with Crippen LogP contribution in [0.5, 0.6) is 0 Å². The van der Waals surface area contributed by atoms with Crippen molar-refractivity contribution in [3.05, 3.63) is 0 Å². The molecule has 1 heterocycles. The molecule has 1 aliphatic heterocycles. The van der Waals surface area contributed by atoms with Crippen LogP contribution in [0.15, 0.2) is 0 Å². The minimum Gasteiger partial charge on any atom is -0.323 e. The summed E-state index contributed by atoms with van der Waals surface area (Å²) in [6, 6.07) is 0. The van der Waals surface area contributed by atoms with E-state index in [4.69, 9.17) is 5.73 Å². The predicted molar refractivity (Wildman–Crippen MR) is 53.2 cm³/mol. The third kappa shape index (κ3) is 2.46. The zero-order valence-corrected chi connectivity index (χ0v) is 8.47. The summed E-state index contributed by atoms with van der Waals surface area (Å²) in [6.45, 7) is 7.95. The molecule has 0 aromatic carbocycles. The van der Waals surface area contributed by atoms with E-state index in [-0.39, 0.29) is 5.54 Å². The van der Waals surface area contributed by atoms with E-state index in [0.717, 1.165) is 13.1 Å².